The van der Waals surface area contributed by atoms with Gasteiger partial charge >= 0.3 is 12.1 Å². The van der Waals surface area contributed by atoms with Crippen molar-refractivity contribution in [2.75, 3.05) is 13.8 Å². The summed E-state index contributed by atoms with van der Waals surface area (Å²) in [6.07, 6.45) is -4.73. The van der Waals surface area contributed by atoms with Gasteiger partial charge in [-0.25, -0.2) is 22.6 Å². The van der Waals surface area contributed by atoms with Crippen LogP contribution in [0.15, 0.2) is 95.1 Å². The number of benzene rings is 3. The van der Waals surface area contributed by atoms with Crippen molar-refractivity contribution in [1.29, 1.82) is 0 Å². The Labute approximate surface area is 273 Å². The van der Waals surface area contributed by atoms with Crippen LogP contribution in [0, 0.1) is 18.0 Å². The quantitative estimate of drug-likeness (QED) is 0.0524. The number of hydrogen-bond acceptors (Lipinski definition) is 9. The highest BCUT2D eigenvalue weighted by Crippen LogP contribution is 2.33. The molecule has 0 saturated heterocycles. The Morgan fingerprint density at radius 1 is 1.04 bits per heavy atom. The standard InChI is InChI=1S/C31H31F3N6O7S/c1-20(2)28(38(4)40(43)37-47-19-46-30(42)23-8-6-5-7-9-23)29(41)36-48(44,45)25-16-14-24(15-17-25)39-26(18-27(35-39)31(32,33)34)22-12-10-21(3)11-13-22/h5-18,20,28H,19H2,1-4H3,(H,36,41)/b40-37-/t28-/m0/s1. The molecule has 0 aliphatic rings. The van der Waals surface area contributed by atoms with Crippen LogP contribution in [0.25, 0.3) is 16.9 Å². The van der Waals surface area contributed by atoms with Crippen LogP contribution in [0.5, 0.6) is 0 Å². The van der Waals surface area contributed by atoms with Crippen molar-refractivity contribution in [2.45, 2.75) is 37.9 Å². The minimum absolute atomic E-state index is 0.104. The van der Waals surface area contributed by atoms with Crippen LogP contribution in [0.2, 0.25) is 0 Å². The van der Waals surface area contributed by atoms with Crippen LogP contribution in [0.1, 0.15) is 35.5 Å². The first-order valence-corrected chi connectivity index (χ1v) is 15.7. The molecule has 17 heteroatoms. The number of alkyl halides is 3. The number of rotatable bonds is 12. The maximum Gasteiger partial charge on any atom is 0.435 e. The van der Waals surface area contributed by atoms with Crippen LogP contribution in [0.4, 0.5) is 13.2 Å². The number of nitrogens with one attached hydrogen (secondary N) is 1. The van der Waals surface area contributed by atoms with Crippen molar-refractivity contribution in [3.63, 3.8) is 0 Å². The molecule has 0 fully saturated rings. The molecule has 3 aromatic carbocycles. The number of carbonyl (C=O) groups is 2. The van der Waals surface area contributed by atoms with Gasteiger partial charge in [0.25, 0.3) is 22.7 Å². The number of sulfonamides is 1. The van der Waals surface area contributed by atoms with Gasteiger partial charge in [0.15, 0.2) is 11.7 Å². The number of ether oxygens (including phenoxy) is 1. The molecule has 0 aliphatic carbocycles. The number of halogens is 3. The fraction of sp³-hybridized carbons (Fsp3) is 0.258. The van der Waals surface area contributed by atoms with E-state index in [4.69, 9.17) is 9.57 Å². The summed E-state index contributed by atoms with van der Waals surface area (Å²) in [4.78, 5) is 29.4. The topological polar surface area (TPSA) is 158 Å². The summed E-state index contributed by atoms with van der Waals surface area (Å²) in [6.45, 7) is 4.23. The second-order valence-corrected chi connectivity index (χ2v) is 12.5. The average Bonchev–Trinajstić information content (AvgIpc) is 3.50. The Bertz CT molecular complexity index is 1880. The number of amides is 1. The summed E-state index contributed by atoms with van der Waals surface area (Å²) in [5.74, 6) is -2.42. The molecule has 0 aliphatic heterocycles. The van der Waals surface area contributed by atoms with Crippen molar-refractivity contribution in [3.05, 3.63) is 107 Å². The number of esters is 1. The molecule has 0 bridgehead atoms. The minimum Gasteiger partial charge on any atom is -0.569 e. The molecule has 1 amide bonds. The number of likely N-dealkylation sites (N-methyl/N-ethyl adjacent to an activating group) is 1. The number of carbonyl (C=O) groups excluding carboxylic acids is 2. The van der Waals surface area contributed by atoms with E-state index in [2.05, 4.69) is 10.4 Å². The minimum atomic E-state index is -4.73. The summed E-state index contributed by atoms with van der Waals surface area (Å²) in [6, 6.07) is 19.0. The van der Waals surface area contributed by atoms with Gasteiger partial charge in [0.1, 0.15) is 0 Å². The van der Waals surface area contributed by atoms with Crippen LogP contribution in [-0.2, 0) is 30.6 Å². The maximum absolute atomic E-state index is 13.6. The summed E-state index contributed by atoms with van der Waals surface area (Å²) in [5.41, 5.74) is 0.714. The van der Waals surface area contributed by atoms with Crippen molar-refractivity contribution in [3.8, 4) is 16.9 Å². The maximum atomic E-state index is 13.6. The van der Waals surface area contributed by atoms with Gasteiger partial charge in [-0.1, -0.05) is 61.9 Å². The number of aromatic nitrogens is 2. The molecule has 1 aromatic heterocycles. The molecule has 0 saturated carbocycles. The van der Waals surface area contributed by atoms with Gasteiger partial charge in [0.05, 0.1) is 33.9 Å². The molecule has 1 heterocycles. The van der Waals surface area contributed by atoms with Gasteiger partial charge in [-0.15, -0.1) is 5.01 Å². The molecule has 0 spiro atoms. The van der Waals surface area contributed by atoms with Gasteiger partial charge in [0.2, 0.25) is 5.28 Å². The molecule has 254 valence electrons. The summed E-state index contributed by atoms with van der Waals surface area (Å²) < 4.78 is 74.8. The largest absolute Gasteiger partial charge is 0.569 e. The zero-order valence-corrected chi connectivity index (χ0v) is 26.9. The molecule has 1 N–H and O–H groups in total. The third-order valence-electron chi connectivity index (χ3n) is 6.93. The predicted octanol–water partition coefficient (Wildman–Crippen LogP) is 5.25. The van der Waals surface area contributed by atoms with Gasteiger partial charge in [0, 0.05) is 5.56 Å². The molecular weight excluding hydrogens is 657 g/mol. The van der Waals surface area contributed by atoms with Gasteiger partial charge in [-0.2, -0.15) is 18.3 Å². The van der Waals surface area contributed by atoms with Crippen molar-refractivity contribution in [2.24, 2.45) is 11.2 Å². The number of aryl methyl sites for hydroxylation is 1. The molecule has 0 radical (unpaired) electrons. The molecule has 48 heavy (non-hydrogen) atoms. The molecule has 0 unspecified atom stereocenters. The monoisotopic (exact) mass is 688 g/mol. The Hall–Kier alpha value is -5.45. The lowest BCUT2D eigenvalue weighted by molar-refractivity contribution is -0.712. The summed E-state index contributed by atoms with van der Waals surface area (Å²) in [7, 11) is -3.34. The second kappa shape index (κ2) is 14.5. The van der Waals surface area contributed by atoms with E-state index in [1.54, 1.807) is 56.3 Å². The van der Waals surface area contributed by atoms with Gasteiger partial charge in [-0.05, 0) is 55.3 Å². The molecule has 4 aromatic rings. The van der Waals surface area contributed by atoms with Gasteiger partial charge in [-0.3, -0.25) is 4.79 Å². The van der Waals surface area contributed by atoms with Crippen molar-refractivity contribution >= 4 is 21.9 Å². The van der Waals surface area contributed by atoms with Crippen molar-refractivity contribution < 1.29 is 45.7 Å². The van der Waals surface area contributed by atoms with Gasteiger partial charge < -0.3 is 14.8 Å². The van der Waals surface area contributed by atoms with E-state index >= 15 is 0 Å². The SMILES string of the molecule is Cc1ccc(-c2cc(C(F)(F)F)nn2-c2ccc(S(=O)(=O)NC(=O)[C@H](C(C)C)N(C)/[N+]([O-])=N/OCOC(=O)c3ccccc3)cc2)cc1. The van der Waals surface area contributed by atoms with E-state index in [0.717, 1.165) is 33.5 Å². The fourth-order valence-corrected chi connectivity index (χ4v) is 5.54. The summed E-state index contributed by atoms with van der Waals surface area (Å²) >= 11 is 0. The number of hydrogen-bond donors (Lipinski definition) is 1. The molecule has 13 nitrogen and oxygen atoms in total. The third kappa shape index (κ3) is 8.47. The van der Waals surface area contributed by atoms with E-state index < -0.39 is 52.5 Å². The predicted molar refractivity (Wildman–Crippen MR) is 164 cm³/mol. The highest BCUT2D eigenvalue weighted by molar-refractivity contribution is 7.90. The second-order valence-electron chi connectivity index (χ2n) is 10.8. The Kier molecular flexibility index (Phi) is 10.7. The van der Waals surface area contributed by atoms with Crippen LogP contribution < -0.4 is 4.72 Å². The van der Waals surface area contributed by atoms with Crippen molar-refractivity contribution in [1.82, 2.24) is 19.5 Å². The Balaban J connectivity index is 1.47. The normalized spacial score (nSPS) is 12.8. The molecule has 1 atom stereocenters. The lowest BCUT2D eigenvalue weighted by atomic mass is 10.0. The Morgan fingerprint density at radius 2 is 1.67 bits per heavy atom. The molecular formula is C31H31F3N6O7S. The highest BCUT2D eigenvalue weighted by Gasteiger charge is 2.36. The van der Waals surface area contributed by atoms with E-state index in [1.165, 1.54) is 31.3 Å². The lowest BCUT2D eigenvalue weighted by Crippen LogP contribution is -2.51. The zero-order chi connectivity index (χ0) is 35.2. The first-order chi connectivity index (χ1) is 22.6. The average molecular weight is 689 g/mol. The highest BCUT2D eigenvalue weighted by atomic mass is 32.2. The van der Waals surface area contributed by atoms with E-state index in [1.807, 2.05) is 11.6 Å². The van der Waals surface area contributed by atoms with Crippen LogP contribution in [0.3, 0.4) is 0 Å². The Morgan fingerprint density at radius 3 is 2.25 bits per heavy atom. The molecule has 4 rings (SSSR count). The van der Waals surface area contributed by atoms with E-state index in [9.17, 15) is 36.4 Å². The summed E-state index contributed by atoms with van der Waals surface area (Å²) in [5, 5.41) is 20.3. The third-order valence-corrected chi connectivity index (χ3v) is 8.29. The van der Waals surface area contributed by atoms with E-state index in [0.29, 0.717) is 5.56 Å². The van der Waals surface area contributed by atoms with Crippen LogP contribution in [-0.4, -0.2) is 59.9 Å². The van der Waals surface area contributed by atoms with E-state index in [-0.39, 0.29) is 26.8 Å². The number of nitrogens with zero attached hydrogens (tertiary/aromatic N) is 5. The first-order valence-electron chi connectivity index (χ1n) is 14.2. The smallest absolute Gasteiger partial charge is 0.435 e. The first kappa shape index (κ1) is 35.4. The zero-order valence-electron chi connectivity index (χ0n) is 26.1. The fourth-order valence-electron chi connectivity index (χ4n) is 4.54. The lowest BCUT2D eigenvalue weighted by Gasteiger charge is -2.25. The van der Waals surface area contributed by atoms with Crippen LogP contribution >= 0.6 is 0 Å². The number of hydrazine groups is 1.